The lowest BCUT2D eigenvalue weighted by molar-refractivity contribution is -0.921. The maximum Gasteiger partial charge on any atom is 0.107 e. The Balaban J connectivity index is 1.85. The van der Waals surface area contributed by atoms with Crippen LogP contribution in [0.3, 0.4) is 0 Å². The molecule has 0 unspecified atom stereocenters. The van der Waals surface area contributed by atoms with Crippen molar-refractivity contribution < 1.29 is 9.64 Å². The first kappa shape index (κ1) is 13.9. The lowest BCUT2D eigenvalue weighted by Gasteiger charge is -2.23. The van der Waals surface area contributed by atoms with Crippen molar-refractivity contribution in [3.63, 3.8) is 0 Å². The molecule has 0 spiro atoms. The van der Waals surface area contributed by atoms with E-state index in [2.05, 4.69) is 10.2 Å². The summed E-state index contributed by atoms with van der Waals surface area (Å²) < 4.78 is 5.39. The van der Waals surface area contributed by atoms with Crippen molar-refractivity contribution in [3.8, 4) is 11.3 Å². The third kappa shape index (κ3) is 2.99. The molecule has 1 aromatic heterocycles. The number of quaternary nitrogens is 1. The molecule has 1 aromatic carbocycles. The van der Waals surface area contributed by atoms with Gasteiger partial charge in [0.25, 0.3) is 0 Å². The highest BCUT2D eigenvalue weighted by molar-refractivity contribution is 6.36. The van der Waals surface area contributed by atoms with E-state index in [0.29, 0.717) is 10.0 Å². The number of rotatable bonds is 3. The summed E-state index contributed by atoms with van der Waals surface area (Å²) in [5.74, 6) is 0. The standard InChI is InChI=1S/C14H15Cl2N3O/c15-11-1-2-12(13(16)7-11)14-10(8-17-18-14)9-19-3-5-20-6-4-19/h1-2,7-8H,3-6,9H2,(H,17,18)/p+1. The predicted molar refractivity (Wildman–Crippen MR) is 79.3 cm³/mol. The molecule has 106 valence electrons. The third-order valence-corrected chi connectivity index (χ3v) is 4.11. The molecule has 0 radical (unpaired) electrons. The lowest BCUT2D eigenvalue weighted by Crippen LogP contribution is -3.12. The molecule has 6 heteroatoms. The second kappa shape index (κ2) is 6.14. The van der Waals surface area contributed by atoms with Crippen LogP contribution in [-0.2, 0) is 11.3 Å². The third-order valence-electron chi connectivity index (χ3n) is 3.56. The van der Waals surface area contributed by atoms with Crippen molar-refractivity contribution >= 4 is 23.2 Å². The summed E-state index contributed by atoms with van der Waals surface area (Å²) >= 11 is 12.2. The van der Waals surface area contributed by atoms with Crippen molar-refractivity contribution in [2.45, 2.75) is 6.54 Å². The van der Waals surface area contributed by atoms with Gasteiger partial charge in [0.15, 0.2) is 0 Å². The first-order chi connectivity index (χ1) is 9.74. The van der Waals surface area contributed by atoms with Crippen LogP contribution in [0.4, 0.5) is 0 Å². The molecule has 2 N–H and O–H groups in total. The summed E-state index contributed by atoms with van der Waals surface area (Å²) in [6.07, 6.45) is 1.88. The number of hydrogen-bond donors (Lipinski definition) is 2. The maximum absolute atomic E-state index is 6.28. The zero-order valence-corrected chi connectivity index (χ0v) is 12.5. The molecule has 2 heterocycles. The van der Waals surface area contributed by atoms with E-state index in [1.165, 1.54) is 10.5 Å². The molecule has 1 saturated heterocycles. The number of aromatic nitrogens is 2. The average molecular weight is 313 g/mol. The largest absolute Gasteiger partial charge is 0.370 e. The fraction of sp³-hybridized carbons (Fsp3) is 0.357. The van der Waals surface area contributed by atoms with Crippen LogP contribution in [0.5, 0.6) is 0 Å². The van der Waals surface area contributed by atoms with Crippen molar-refractivity contribution in [3.05, 3.63) is 40.0 Å². The Kier molecular flexibility index (Phi) is 4.27. The molecular formula is C14H16Cl2N3O+. The molecule has 3 rings (SSSR count). The van der Waals surface area contributed by atoms with Gasteiger partial charge in [0.2, 0.25) is 0 Å². The zero-order chi connectivity index (χ0) is 13.9. The first-order valence-corrected chi connectivity index (χ1v) is 7.38. The Bertz CT molecular complexity index is 594. The van der Waals surface area contributed by atoms with Gasteiger partial charge >= 0.3 is 0 Å². The van der Waals surface area contributed by atoms with Crippen molar-refractivity contribution in [2.24, 2.45) is 0 Å². The molecule has 0 bridgehead atoms. The van der Waals surface area contributed by atoms with E-state index in [0.717, 1.165) is 44.1 Å². The summed E-state index contributed by atoms with van der Waals surface area (Å²) in [7, 11) is 0. The van der Waals surface area contributed by atoms with Gasteiger partial charge in [0.1, 0.15) is 19.6 Å². The Morgan fingerprint density at radius 1 is 1.25 bits per heavy atom. The van der Waals surface area contributed by atoms with E-state index in [1.54, 1.807) is 6.07 Å². The normalized spacial score (nSPS) is 16.5. The molecule has 1 fully saturated rings. The van der Waals surface area contributed by atoms with E-state index in [4.69, 9.17) is 27.9 Å². The van der Waals surface area contributed by atoms with Gasteiger partial charge in [-0.25, -0.2) is 0 Å². The predicted octanol–water partition coefficient (Wildman–Crippen LogP) is 1.80. The van der Waals surface area contributed by atoms with Crippen LogP contribution < -0.4 is 4.90 Å². The molecule has 1 aliphatic rings. The second-order valence-corrected chi connectivity index (χ2v) is 5.78. The van der Waals surface area contributed by atoms with Crippen LogP contribution in [-0.4, -0.2) is 36.5 Å². The smallest absolute Gasteiger partial charge is 0.107 e. The van der Waals surface area contributed by atoms with Crippen molar-refractivity contribution in [1.82, 2.24) is 10.2 Å². The second-order valence-electron chi connectivity index (χ2n) is 4.93. The van der Waals surface area contributed by atoms with Crippen LogP contribution in [0.25, 0.3) is 11.3 Å². The molecule has 0 amide bonds. The summed E-state index contributed by atoms with van der Waals surface area (Å²) in [4.78, 5) is 1.50. The summed E-state index contributed by atoms with van der Waals surface area (Å²) in [6, 6.07) is 5.52. The van der Waals surface area contributed by atoms with Crippen LogP contribution in [0.1, 0.15) is 5.56 Å². The van der Waals surface area contributed by atoms with Gasteiger partial charge in [-0.3, -0.25) is 5.10 Å². The average Bonchev–Trinajstić information content (AvgIpc) is 2.88. The molecule has 2 aromatic rings. The zero-order valence-electron chi connectivity index (χ0n) is 11.0. The Morgan fingerprint density at radius 3 is 2.80 bits per heavy atom. The van der Waals surface area contributed by atoms with Gasteiger partial charge in [-0.1, -0.05) is 23.2 Å². The van der Waals surface area contributed by atoms with E-state index >= 15 is 0 Å². The van der Waals surface area contributed by atoms with Gasteiger partial charge in [0, 0.05) is 10.6 Å². The Hall–Kier alpha value is -1.07. The molecule has 0 atom stereocenters. The van der Waals surface area contributed by atoms with E-state index in [1.807, 2.05) is 18.3 Å². The van der Waals surface area contributed by atoms with E-state index in [9.17, 15) is 0 Å². The minimum Gasteiger partial charge on any atom is -0.370 e. The number of H-pyrrole nitrogens is 1. The highest BCUT2D eigenvalue weighted by Gasteiger charge is 2.19. The molecular weight excluding hydrogens is 297 g/mol. The first-order valence-electron chi connectivity index (χ1n) is 6.63. The number of halogens is 2. The maximum atomic E-state index is 6.28. The molecule has 20 heavy (non-hydrogen) atoms. The summed E-state index contributed by atoms with van der Waals surface area (Å²) in [5, 5.41) is 8.49. The van der Waals surface area contributed by atoms with Gasteiger partial charge in [-0.2, -0.15) is 5.10 Å². The van der Waals surface area contributed by atoms with Crippen molar-refractivity contribution in [2.75, 3.05) is 26.3 Å². The number of benzene rings is 1. The number of hydrogen-bond acceptors (Lipinski definition) is 2. The van der Waals surface area contributed by atoms with Crippen LogP contribution in [0.2, 0.25) is 10.0 Å². The monoisotopic (exact) mass is 312 g/mol. The molecule has 0 saturated carbocycles. The summed E-state index contributed by atoms with van der Waals surface area (Å²) in [5.41, 5.74) is 3.09. The highest BCUT2D eigenvalue weighted by atomic mass is 35.5. The Labute approximate surface area is 127 Å². The Morgan fingerprint density at radius 2 is 2.05 bits per heavy atom. The number of nitrogens with one attached hydrogen (secondary N) is 2. The quantitative estimate of drug-likeness (QED) is 0.907. The molecule has 1 aliphatic heterocycles. The minimum atomic E-state index is 0.638. The van der Waals surface area contributed by atoms with Gasteiger partial charge in [0.05, 0.1) is 35.7 Å². The lowest BCUT2D eigenvalue weighted by atomic mass is 10.1. The number of ether oxygens (including phenoxy) is 1. The van der Waals surface area contributed by atoms with Crippen molar-refractivity contribution in [1.29, 1.82) is 0 Å². The van der Waals surface area contributed by atoms with Crippen LogP contribution in [0, 0.1) is 0 Å². The van der Waals surface area contributed by atoms with E-state index in [-0.39, 0.29) is 0 Å². The number of nitrogens with zero attached hydrogens (tertiary/aromatic N) is 1. The number of aromatic amines is 1. The topological polar surface area (TPSA) is 42.3 Å². The SMILES string of the molecule is Clc1ccc(-c2[nH]ncc2C[NH+]2CCOCC2)c(Cl)c1. The fourth-order valence-corrected chi connectivity index (χ4v) is 2.98. The van der Waals surface area contributed by atoms with Crippen LogP contribution >= 0.6 is 23.2 Å². The van der Waals surface area contributed by atoms with E-state index < -0.39 is 0 Å². The summed E-state index contributed by atoms with van der Waals surface area (Å²) in [6.45, 7) is 4.63. The fourth-order valence-electron chi connectivity index (χ4n) is 2.48. The minimum absolute atomic E-state index is 0.638. The number of morpholine rings is 1. The highest BCUT2D eigenvalue weighted by Crippen LogP contribution is 2.30. The van der Waals surface area contributed by atoms with Gasteiger partial charge in [-0.15, -0.1) is 0 Å². The van der Waals surface area contributed by atoms with Gasteiger partial charge in [-0.05, 0) is 18.2 Å². The van der Waals surface area contributed by atoms with Crippen LogP contribution in [0.15, 0.2) is 24.4 Å². The molecule has 0 aliphatic carbocycles. The molecule has 4 nitrogen and oxygen atoms in total. The van der Waals surface area contributed by atoms with Gasteiger partial charge < -0.3 is 9.64 Å².